The van der Waals surface area contributed by atoms with Crippen molar-refractivity contribution in [1.29, 1.82) is 0 Å². The van der Waals surface area contributed by atoms with Crippen LogP contribution in [0.1, 0.15) is 58.8 Å². The molecule has 19 heavy (non-hydrogen) atoms. The van der Waals surface area contributed by atoms with Crippen LogP contribution in [0.15, 0.2) is 0 Å². The van der Waals surface area contributed by atoms with Crippen molar-refractivity contribution in [3.05, 3.63) is 0 Å². The van der Waals surface area contributed by atoms with Gasteiger partial charge in [0, 0.05) is 12.5 Å². The molecule has 0 aromatic heterocycles. The lowest BCUT2D eigenvalue weighted by molar-refractivity contribution is -0.0720. The molecule has 1 aliphatic heterocycles. The number of carbonyl (C=O) groups is 1. The number of rotatable bonds is 5. The van der Waals surface area contributed by atoms with Crippen LogP contribution < -0.4 is 5.32 Å². The summed E-state index contributed by atoms with van der Waals surface area (Å²) >= 11 is 0. The van der Waals surface area contributed by atoms with Gasteiger partial charge in [0.1, 0.15) is 6.04 Å². The highest BCUT2D eigenvalue weighted by Gasteiger charge is 2.55. The molecule has 0 bridgehead atoms. The molecule has 2 amide bonds. The number of nitrogens with one attached hydrogen (secondary N) is 1. The third-order valence-electron chi connectivity index (χ3n) is 4.42. The van der Waals surface area contributed by atoms with Gasteiger partial charge in [-0.05, 0) is 26.2 Å². The SMILES string of the molecule is CCCCCC(C)N1C(=O)N[C@@H]2[C@H]1CCCC2(F)F. The summed E-state index contributed by atoms with van der Waals surface area (Å²) in [6.07, 6.45) is 5.29. The molecule has 1 saturated carbocycles. The minimum absolute atomic E-state index is 0.0513. The molecule has 3 atom stereocenters. The topological polar surface area (TPSA) is 32.3 Å². The Hall–Kier alpha value is -0.870. The zero-order valence-electron chi connectivity index (χ0n) is 11.8. The maximum Gasteiger partial charge on any atom is 0.318 e. The highest BCUT2D eigenvalue weighted by molar-refractivity contribution is 5.78. The van der Waals surface area contributed by atoms with Crippen molar-refractivity contribution in [3.8, 4) is 0 Å². The first-order valence-corrected chi connectivity index (χ1v) is 7.44. The third-order valence-corrected chi connectivity index (χ3v) is 4.42. The van der Waals surface area contributed by atoms with Gasteiger partial charge in [-0.25, -0.2) is 13.6 Å². The molecule has 1 saturated heterocycles. The lowest BCUT2D eigenvalue weighted by Crippen LogP contribution is -2.52. The Balaban J connectivity index is 2.02. The lowest BCUT2D eigenvalue weighted by atomic mass is 9.87. The average molecular weight is 274 g/mol. The highest BCUT2D eigenvalue weighted by atomic mass is 19.3. The van der Waals surface area contributed by atoms with Crippen molar-refractivity contribution in [2.75, 3.05) is 0 Å². The van der Waals surface area contributed by atoms with Crippen LogP contribution in [0.3, 0.4) is 0 Å². The Bertz CT molecular complexity index is 335. The van der Waals surface area contributed by atoms with Gasteiger partial charge in [-0.1, -0.05) is 26.2 Å². The molecule has 0 aromatic carbocycles. The van der Waals surface area contributed by atoms with Gasteiger partial charge in [-0.3, -0.25) is 0 Å². The van der Waals surface area contributed by atoms with Gasteiger partial charge in [0.25, 0.3) is 5.92 Å². The Morgan fingerprint density at radius 3 is 2.89 bits per heavy atom. The first kappa shape index (κ1) is 14.5. The van der Waals surface area contributed by atoms with Crippen molar-refractivity contribution in [2.45, 2.75) is 82.8 Å². The minimum atomic E-state index is -2.75. The second kappa shape index (κ2) is 5.63. The number of carbonyl (C=O) groups excluding carboxylic acids is 1. The molecule has 1 unspecified atom stereocenters. The van der Waals surface area contributed by atoms with Crippen LogP contribution in [-0.4, -0.2) is 35.0 Å². The van der Waals surface area contributed by atoms with E-state index in [1.54, 1.807) is 4.90 Å². The Kier molecular flexibility index (Phi) is 4.31. The molecule has 2 rings (SSSR count). The van der Waals surface area contributed by atoms with Crippen LogP contribution in [0.2, 0.25) is 0 Å². The number of fused-ring (bicyclic) bond motifs is 1. The summed E-state index contributed by atoms with van der Waals surface area (Å²) in [5, 5.41) is 2.50. The van der Waals surface area contributed by atoms with Gasteiger partial charge in [0.15, 0.2) is 0 Å². The van der Waals surface area contributed by atoms with E-state index >= 15 is 0 Å². The Labute approximate surface area is 113 Å². The first-order chi connectivity index (χ1) is 8.97. The van der Waals surface area contributed by atoms with E-state index in [1.807, 2.05) is 6.92 Å². The summed E-state index contributed by atoms with van der Waals surface area (Å²) < 4.78 is 27.7. The Morgan fingerprint density at radius 1 is 1.47 bits per heavy atom. The van der Waals surface area contributed by atoms with E-state index in [9.17, 15) is 13.6 Å². The second-order valence-corrected chi connectivity index (χ2v) is 5.90. The van der Waals surface area contributed by atoms with Gasteiger partial charge in [-0.15, -0.1) is 0 Å². The fourth-order valence-corrected chi connectivity index (χ4v) is 3.37. The molecule has 1 aliphatic carbocycles. The van der Waals surface area contributed by atoms with Crippen LogP contribution in [0.4, 0.5) is 13.6 Å². The molecular formula is C14H24F2N2O. The molecule has 5 heteroatoms. The summed E-state index contributed by atoms with van der Waals surface area (Å²) in [5.41, 5.74) is 0. The smallest absolute Gasteiger partial charge is 0.318 e. The van der Waals surface area contributed by atoms with Gasteiger partial charge in [0.2, 0.25) is 0 Å². The van der Waals surface area contributed by atoms with E-state index < -0.39 is 12.0 Å². The van der Waals surface area contributed by atoms with E-state index in [4.69, 9.17) is 0 Å². The molecule has 110 valence electrons. The van der Waals surface area contributed by atoms with Crippen LogP contribution in [-0.2, 0) is 0 Å². The van der Waals surface area contributed by atoms with Crippen LogP contribution >= 0.6 is 0 Å². The number of hydrogen-bond acceptors (Lipinski definition) is 1. The molecule has 2 aliphatic rings. The lowest BCUT2D eigenvalue weighted by Gasteiger charge is -2.37. The molecular weight excluding hydrogens is 250 g/mol. The summed E-state index contributed by atoms with van der Waals surface area (Å²) in [4.78, 5) is 13.7. The second-order valence-electron chi connectivity index (χ2n) is 5.90. The van der Waals surface area contributed by atoms with Crippen molar-refractivity contribution in [2.24, 2.45) is 0 Å². The zero-order chi connectivity index (χ0) is 14.0. The molecule has 1 heterocycles. The van der Waals surface area contributed by atoms with Crippen molar-refractivity contribution < 1.29 is 13.6 Å². The number of halogens is 2. The van der Waals surface area contributed by atoms with E-state index in [1.165, 1.54) is 0 Å². The quantitative estimate of drug-likeness (QED) is 0.764. The minimum Gasteiger partial charge on any atom is -0.327 e. The van der Waals surface area contributed by atoms with E-state index in [0.717, 1.165) is 25.7 Å². The largest absolute Gasteiger partial charge is 0.327 e. The monoisotopic (exact) mass is 274 g/mol. The number of alkyl halides is 2. The number of amides is 2. The van der Waals surface area contributed by atoms with Crippen molar-refractivity contribution >= 4 is 6.03 Å². The van der Waals surface area contributed by atoms with E-state index in [-0.39, 0.29) is 24.5 Å². The molecule has 0 radical (unpaired) electrons. The third kappa shape index (κ3) is 2.84. The predicted molar refractivity (Wildman–Crippen MR) is 70.3 cm³/mol. The normalized spacial score (nSPS) is 30.9. The Morgan fingerprint density at radius 2 is 2.21 bits per heavy atom. The summed E-state index contributed by atoms with van der Waals surface area (Å²) in [6, 6.07) is -1.56. The maximum absolute atomic E-state index is 13.8. The van der Waals surface area contributed by atoms with Gasteiger partial charge < -0.3 is 10.2 Å². The molecule has 3 nitrogen and oxygen atoms in total. The number of hydrogen-bond donors (Lipinski definition) is 1. The fraction of sp³-hybridized carbons (Fsp3) is 0.929. The van der Waals surface area contributed by atoms with E-state index in [0.29, 0.717) is 12.8 Å². The zero-order valence-corrected chi connectivity index (χ0v) is 11.8. The number of nitrogens with zero attached hydrogens (tertiary/aromatic N) is 1. The van der Waals surface area contributed by atoms with Crippen LogP contribution in [0.25, 0.3) is 0 Å². The summed E-state index contributed by atoms with van der Waals surface area (Å²) in [6.45, 7) is 4.11. The predicted octanol–water partition coefficient (Wildman–Crippen LogP) is 3.54. The average Bonchev–Trinajstić information content (AvgIpc) is 2.67. The van der Waals surface area contributed by atoms with Crippen molar-refractivity contribution in [1.82, 2.24) is 10.2 Å². The number of unbranched alkanes of at least 4 members (excludes halogenated alkanes) is 2. The van der Waals surface area contributed by atoms with E-state index in [2.05, 4.69) is 12.2 Å². The molecule has 2 fully saturated rings. The van der Waals surface area contributed by atoms with Gasteiger partial charge >= 0.3 is 6.03 Å². The van der Waals surface area contributed by atoms with Crippen LogP contribution in [0.5, 0.6) is 0 Å². The summed E-state index contributed by atoms with van der Waals surface area (Å²) in [5.74, 6) is -2.75. The first-order valence-electron chi connectivity index (χ1n) is 7.44. The van der Waals surface area contributed by atoms with Crippen LogP contribution in [0, 0.1) is 0 Å². The molecule has 1 N–H and O–H groups in total. The van der Waals surface area contributed by atoms with Gasteiger partial charge in [-0.2, -0.15) is 0 Å². The molecule has 0 aromatic rings. The fourth-order valence-electron chi connectivity index (χ4n) is 3.37. The van der Waals surface area contributed by atoms with Gasteiger partial charge in [0.05, 0.1) is 6.04 Å². The number of urea groups is 1. The maximum atomic E-state index is 13.8. The molecule has 0 spiro atoms. The highest BCUT2D eigenvalue weighted by Crippen LogP contribution is 2.39. The summed E-state index contributed by atoms with van der Waals surface area (Å²) in [7, 11) is 0. The standard InChI is InChI=1S/C14H24F2N2O/c1-3-4-5-7-10(2)18-11-8-6-9-14(15,16)12(11)17-13(18)19/h10-12H,3-9H2,1-2H3,(H,17,19)/t10?,11-,12-/m1/s1. The van der Waals surface area contributed by atoms with Crippen molar-refractivity contribution in [3.63, 3.8) is 0 Å².